The van der Waals surface area contributed by atoms with Crippen LogP contribution < -0.4 is 0 Å². The summed E-state index contributed by atoms with van der Waals surface area (Å²) in [5, 5.41) is 9.78. The zero-order valence-corrected chi connectivity index (χ0v) is 13.1. The summed E-state index contributed by atoms with van der Waals surface area (Å²) < 4.78 is 10.4. The Labute approximate surface area is 137 Å². The minimum Gasteiger partial charge on any atom is -0.462 e. The number of esters is 1. The summed E-state index contributed by atoms with van der Waals surface area (Å²) in [6.45, 7) is 1.86. The van der Waals surface area contributed by atoms with Crippen LogP contribution in [0.3, 0.4) is 0 Å². The van der Waals surface area contributed by atoms with Gasteiger partial charge < -0.3 is 9.15 Å². The molecule has 22 heavy (non-hydrogen) atoms. The minimum atomic E-state index is -0.691. The molecule has 0 radical (unpaired) electrons. The molecule has 2 aromatic rings. The Bertz CT molecular complexity index is 772. The Morgan fingerprint density at radius 2 is 2.14 bits per heavy atom. The fourth-order valence-electron chi connectivity index (χ4n) is 1.76. The Morgan fingerprint density at radius 1 is 1.36 bits per heavy atom. The SMILES string of the molecule is CCOC(=O)/C(C#N)=C/c1ccc(-c2cccc(Cl)c2Cl)o1. The number of ether oxygens (including phenoxy) is 1. The lowest BCUT2D eigenvalue weighted by Crippen LogP contribution is -2.05. The summed E-state index contributed by atoms with van der Waals surface area (Å²) in [4.78, 5) is 11.6. The zero-order valence-electron chi connectivity index (χ0n) is 11.6. The fourth-order valence-corrected chi connectivity index (χ4v) is 2.15. The van der Waals surface area contributed by atoms with Crippen molar-refractivity contribution < 1.29 is 13.9 Å². The molecule has 1 aromatic carbocycles. The molecule has 1 aromatic heterocycles. The van der Waals surface area contributed by atoms with Crippen LogP contribution in [0.4, 0.5) is 0 Å². The van der Waals surface area contributed by atoms with Crippen molar-refractivity contribution >= 4 is 35.2 Å². The van der Waals surface area contributed by atoms with Crippen molar-refractivity contribution in [1.82, 2.24) is 0 Å². The third kappa shape index (κ3) is 3.51. The lowest BCUT2D eigenvalue weighted by atomic mass is 10.2. The Kier molecular flexibility index (Phi) is 5.26. The number of furan rings is 1. The molecule has 4 nitrogen and oxygen atoms in total. The first-order chi connectivity index (χ1) is 10.6. The van der Waals surface area contributed by atoms with Gasteiger partial charge in [-0.15, -0.1) is 0 Å². The van der Waals surface area contributed by atoms with E-state index in [1.165, 1.54) is 6.08 Å². The van der Waals surface area contributed by atoms with Crippen LogP contribution in [0.1, 0.15) is 12.7 Å². The van der Waals surface area contributed by atoms with Crippen LogP contribution in [0.25, 0.3) is 17.4 Å². The van der Waals surface area contributed by atoms with Gasteiger partial charge in [-0.05, 0) is 31.2 Å². The highest BCUT2D eigenvalue weighted by Gasteiger charge is 2.13. The third-order valence-electron chi connectivity index (χ3n) is 2.75. The molecule has 0 N–H and O–H groups in total. The summed E-state index contributed by atoms with van der Waals surface area (Å²) in [6.07, 6.45) is 1.32. The normalized spacial score (nSPS) is 11.1. The quantitative estimate of drug-likeness (QED) is 0.460. The highest BCUT2D eigenvalue weighted by molar-refractivity contribution is 6.43. The van der Waals surface area contributed by atoms with Crippen molar-refractivity contribution in [2.24, 2.45) is 0 Å². The first kappa shape index (κ1) is 16.2. The molecule has 0 aliphatic carbocycles. The Hall–Kier alpha value is -2.22. The number of benzene rings is 1. The number of hydrogen-bond donors (Lipinski definition) is 0. The van der Waals surface area contributed by atoms with Crippen LogP contribution in [0, 0.1) is 11.3 Å². The molecule has 0 aliphatic heterocycles. The average molecular weight is 336 g/mol. The molecule has 0 amide bonds. The van der Waals surface area contributed by atoms with E-state index >= 15 is 0 Å². The number of carbonyl (C=O) groups excluding carboxylic acids is 1. The number of halogens is 2. The van der Waals surface area contributed by atoms with E-state index in [-0.39, 0.29) is 12.2 Å². The molecule has 0 unspecified atom stereocenters. The van der Waals surface area contributed by atoms with Crippen molar-refractivity contribution in [2.45, 2.75) is 6.92 Å². The molecule has 112 valence electrons. The van der Waals surface area contributed by atoms with Gasteiger partial charge in [-0.2, -0.15) is 5.26 Å². The Morgan fingerprint density at radius 3 is 2.82 bits per heavy atom. The van der Waals surface area contributed by atoms with Crippen molar-refractivity contribution in [2.75, 3.05) is 6.61 Å². The second kappa shape index (κ2) is 7.17. The zero-order chi connectivity index (χ0) is 16.1. The number of carbonyl (C=O) groups is 1. The molecule has 6 heteroatoms. The largest absolute Gasteiger partial charge is 0.462 e. The van der Waals surface area contributed by atoms with Crippen LogP contribution in [-0.2, 0) is 9.53 Å². The topological polar surface area (TPSA) is 63.2 Å². The van der Waals surface area contributed by atoms with E-state index in [4.69, 9.17) is 37.6 Å². The maximum Gasteiger partial charge on any atom is 0.349 e. The second-order valence-corrected chi connectivity index (χ2v) is 4.98. The second-order valence-electron chi connectivity index (χ2n) is 4.19. The molecule has 2 rings (SSSR count). The van der Waals surface area contributed by atoms with Gasteiger partial charge in [0.05, 0.1) is 16.7 Å². The van der Waals surface area contributed by atoms with E-state index in [0.717, 1.165) is 0 Å². The number of rotatable bonds is 4. The van der Waals surface area contributed by atoms with Gasteiger partial charge >= 0.3 is 5.97 Å². The van der Waals surface area contributed by atoms with Gasteiger partial charge in [-0.1, -0.05) is 29.3 Å². The lowest BCUT2D eigenvalue weighted by Gasteiger charge is -2.02. The van der Waals surface area contributed by atoms with Gasteiger partial charge in [0.15, 0.2) is 0 Å². The minimum absolute atomic E-state index is 0.139. The van der Waals surface area contributed by atoms with Crippen LogP contribution in [-0.4, -0.2) is 12.6 Å². The van der Waals surface area contributed by atoms with Gasteiger partial charge in [-0.3, -0.25) is 0 Å². The Balaban J connectivity index is 2.34. The fraction of sp³-hybridized carbons (Fsp3) is 0.125. The monoisotopic (exact) mass is 335 g/mol. The van der Waals surface area contributed by atoms with Gasteiger partial charge in [-0.25, -0.2) is 4.79 Å². The standard InChI is InChI=1S/C16H11Cl2NO3/c1-2-21-16(20)10(9-19)8-11-6-7-14(22-11)12-4-3-5-13(17)15(12)18/h3-8H,2H2,1H3/b10-8+. The highest BCUT2D eigenvalue weighted by Crippen LogP contribution is 2.34. The van der Waals surface area contributed by atoms with E-state index in [0.29, 0.717) is 27.1 Å². The van der Waals surface area contributed by atoms with E-state index in [1.807, 2.05) is 0 Å². The van der Waals surface area contributed by atoms with Crippen LogP contribution in [0.5, 0.6) is 0 Å². The van der Waals surface area contributed by atoms with Crippen LogP contribution in [0.15, 0.2) is 40.3 Å². The lowest BCUT2D eigenvalue weighted by molar-refractivity contribution is -0.137. The molecular formula is C16H11Cl2NO3. The van der Waals surface area contributed by atoms with Crippen LogP contribution in [0.2, 0.25) is 10.0 Å². The van der Waals surface area contributed by atoms with Crippen molar-refractivity contribution in [3.05, 3.63) is 51.7 Å². The average Bonchev–Trinajstić information content (AvgIpc) is 2.96. The van der Waals surface area contributed by atoms with Gasteiger partial charge in [0.2, 0.25) is 0 Å². The highest BCUT2D eigenvalue weighted by atomic mass is 35.5. The smallest absolute Gasteiger partial charge is 0.349 e. The number of nitrogens with zero attached hydrogens (tertiary/aromatic N) is 1. The summed E-state index contributed by atoms with van der Waals surface area (Å²) in [5.41, 5.74) is 0.489. The third-order valence-corrected chi connectivity index (χ3v) is 3.57. The maximum atomic E-state index is 11.6. The molecule has 0 atom stereocenters. The van der Waals surface area contributed by atoms with Crippen LogP contribution >= 0.6 is 23.2 Å². The van der Waals surface area contributed by atoms with E-state index in [1.54, 1.807) is 43.3 Å². The molecule has 1 heterocycles. The summed E-state index contributed by atoms with van der Waals surface area (Å²) in [6, 6.07) is 10.3. The maximum absolute atomic E-state index is 11.6. The van der Waals surface area contributed by atoms with Crippen molar-refractivity contribution in [3.8, 4) is 17.4 Å². The van der Waals surface area contributed by atoms with Gasteiger partial charge in [0.1, 0.15) is 23.2 Å². The molecule has 0 fully saturated rings. The van der Waals surface area contributed by atoms with Gasteiger partial charge in [0.25, 0.3) is 0 Å². The molecule has 0 bridgehead atoms. The van der Waals surface area contributed by atoms with Gasteiger partial charge in [0, 0.05) is 11.6 Å². The van der Waals surface area contributed by atoms with Crippen molar-refractivity contribution in [3.63, 3.8) is 0 Å². The van der Waals surface area contributed by atoms with E-state index in [9.17, 15) is 4.79 Å². The van der Waals surface area contributed by atoms with Crippen molar-refractivity contribution in [1.29, 1.82) is 5.26 Å². The molecule has 0 spiro atoms. The summed E-state index contributed by atoms with van der Waals surface area (Å²) in [7, 11) is 0. The number of nitriles is 1. The predicted octanol–water partition coefficient (Wildman–Crippen LogP) is 4.72. The molecular weight excluding hydrogens is 325 g/mol. The number of hydrogen-bond acceptors (Lipinski definition) is 4. The molecule has 0 saturated heterocycles. The molecule has 0 aliphatic rings. The van der Waals surface area contributed by atoms with E-state index < -0.39 is 5.97 Å². The first-order valence-corrected chi connectivity index (χ1v) is 7.15. The predicted molar refractivity (Wildman–Crippen MR) is 84.4 cm³/mol. The summed E-state index contributed by atoms with van der Waals surface area (Å²) >= 11 is 12.1. The molecule has 0 saturated carbocycles. The van der Waals surface area contributed by atoms with E-state index in [2.05, 4.69) is 0 Å². The first-order valence-electron chi connectivity index (χ1n) is 6.40. The summed E-state index contributed by atoms with van der Waals surface area (Å²) in [5.74, 6) is 0.138.